The predicted molar refractivity (Wildman–Crippen MR) is 114 cm³/mol. The van der Waals surface area contributed by atoms with Gasteiger partial charge in [0.15, 0.2) is 5.82 Å². The van der Waals surface area contributed by atoms with E-state index in [1.807, 2.05) is 42.9 Å². The lowest BCUT2D eigenvalue weighted by Crippen LogP contribution is -2.24. The van der Waals surface area contributed by atoms with E-state index in [9.17, 15) is 4.79 Å². The number of anilines is 1. The number of benzene rings is 2. The van der Waals surface area contributed by atoms with Crippen LogP contribution in [0.3, 0.4) is 0 Å². The molecule has 144 valence electrons. The fourth-order valence-electron chi connectivity index (χ4n) is 4.04. The second kappa shape index (κ2) is 7.51. The van der Waals surface area contributed by atoms with Gasteiger partial charge in [-0.3, -0.25) is 9.78 Å². The molecule has 1 N–H and O–H groups in total. The van der Waals surface area contributed by atoms with Gasteiger partial charge >= 0.3 is 0 Å². The van der Waals surface area contributed by atoms with E-state index in [4.69, 9.17) is 0 Å². The first-order valence-electron chi connectivity index (χ1n) is 9.96. The fraction of sp³-hybridized carbons (Fsp3) is 0.208. The van der Waals surface area contributed by atoms with E-state index in [0.29, 0.717) is 24.2 Å². The molecular formula is C24H22N4O. The molecule has 1 fully saturated rings. The summed E-state index contributed by atoms with van der Waals surface area (Å²) in [5.74, 6) is 1.17. The van der Waals surface area contributed by atoms with E-state index in [1.165, 1.54) is 5.56 Å². The summed E-state index contributed by atoms with van der Waals surface area (Å²) in [5.41, 5.74) is 3.31. The number of carbonyl (C=O) groups excluding carboxylic acids is 1. The Morgan fingerprint density at radius 2 is 1.90 bits per heavy atom. The van der Waals surface area contributed by atoms with Crippen LogP contribution >= 0.6 is 0 Å². The Labute approximate surface area is 169 Å². The number of pyridine rings is 1. The average Bonchev–Trinajstić information content (AvgIpc) is 3.15. The lowest BCUT2D eigenvalue weighted by atomic mass is 9.76. The van der Waals surface area contributed by atoms with Gasteiger partial charge in [0, 0.05) is 23.8 Å². The number of hydrogen-bond acceptors (Lipinski definition) is 3. The number of nitrogens with zero attached hydrogens (tertiary/aromatic N) is 3. The van der Waals surface area contributed by atoms with E-state index in [0.717, 1.165) is 29.3 Å². The van der Waals surface area contributed by atoms with Crippen molar-refractivity contribution in [3.63, 3.8) is 0 Å². The quantitative estimate of drug-likeness (QED) is 0.543. The van der Waals surface area contributed by atoms with Gasteiger partial charge in [-0.05, 0) is 48.1 Å². The molecule has 2 heterocycles. The Balaban J connectivity index is 1.18. The zero-order chi connectivity index (χ0) is 19.6. The van der Waals surface area contributed by atoms with Crippen molar-refractivity contribution in [2.24, 2.45) is 0 Å². The molecule has 5 nitrogen and oxygen atoms in total. The largest absolute Gasteiger partial charge is 0.332 e. The number of carbonyl (C=O) groups is 1. The first-order chi connectivity index (χ1) is 14.2. The van der Waals surface area contributed by atoms with Crippen molar-refractivity contribution >= 4 is 22.6 Å². The van der Waals surface area contributed by atoms with Crippen LogP contribution in [0.25, 0.3) is 10.9 Å². The molecule has 1 amide bonds. The summed E-state index contributed by atoms with van der Waals surface area (Å²) in [7, 11) is 0. The molecule has 1 saturated carbocycles. The summed E-state index contributed by atoms with van der Waals surface area (Å²) in [6.07, 6.45) is 8.07. The molecular weight excluding hydrogens is 360 g/mol. The average molecular weight is 382 g/mol. The van der Waals surface area contributed by atoms with Crippen LogP contribution in [0.1, 0.15) is 35.9 Å². The summed E-state index contributed by atoms with van der Waals surface area (Å²) < 4.78 is 2.12. The molecule has 4 aromatic rings. The Kier molecular flexibility index (Phi) is 4.56. The molecule has 0 spiro atoms. The Hall–Kier alpha value is -3.47. The summed E-state index contributed by atoms with van der Waals surface area (Å²) >= 11 is 0. The highest BCUT2D eigenvalue weighted by molar-refractivity contribution is 5.92. The Bertz CT molecular complexity index is 1150. The predicted octanol–water partition coefficient (Wildman–Crippen LogP) is 4.73. The van der Waals surface area contributed by atoms with Crippen LogP contribution in [0.15, 0.2) is 79.4 Å². The third-order valence-corrected chi connectivity index (χ3v) is 5.71. The minimum atomic E-state index is -0.0609. The van der Waals surface area contributed by atoms with Crippen molar-refractivity contribution in [1.82, 2.24) is 14.5 Å². The molecule has 1 aliphatic carbocycles. The summed E-state index contributed by atoms with van der Waals surface area (Å²) in [6.45, 7) is 0. The van der Waals surface area contributed by atoms with Crippen molar-refractivity contribution in [3.8, 4) is 0 Å². The van der Waals surface area contributed by atoms with Gasteiger partial charge in [0.2, 0.25) is 5.91 Å². The number of aromatic nitrogens is 3. The first-order valence-corrected chi connectivity index (χ1v) is 9.96. The van der Waals surface area contributed by atoms with E-state index in [1.54, 1.807) is 6.20 Å². The van der Waals surface area contributed by atoms with Crippen LogP contribution in [0.5, 0.6) is 0 Å². The number of amides is 1. The molecule has 5 rings (SSSR count). The van der Waals surface area contributed by atoms with Crippen molar-refractivity contribution < 1.29 is 4.79 Å². The fourth-order valence-corrected chi connectivity index (χ4v) is 4.04. The number of rotatable bonds is 5. The van der Waals surface area contributed by atoms with E-state index < -0.39 is 0 Å². The number of nitrogens with one attached hydrogen (secondary N) is 1. The van der Waals surface area contributed by atoms with Gasteiger partial charge in [0.1, 0.15) is 0 Å². The van der Waals surface area contributed by atoms with Gasteiger partial charge in [0.05, 0.1) is 18.3 Å². The maximum Gasteiger partial charge on any atom is 0.229 e. The topological polar surface area (TPSA) is 59.8 Å². The number of fused-ring (bicyclic) bond motifs is 1. The van der Waals surface area contributed by atoms with Gasteiger partial charge in [-0.25, -0.2) is 4.98 Å². The van der Waals surface area contributed by atoms with Gasteiger partial charge in [-0.15, -0.1) is 0 Å². The molecule has 0 saturated heterocycles. The highest BCUT2D eigenvalue weighted by Gasteiger charge is 2.31. The Morgan fingerprint density at radius 1 is 1.03 bits per heavy atom. The SMILES string of the molecule is O=C(Cc1ccc2ncccc2c1)Nc1cn(C2CC(c3ccccc3)C2)cn1. The lowest BCUT2D eigenvalue weighted by Gasteiger charge is -2.36. The van der Waals surface area contributed by atoms with Crippen molar-refractivity contribution in [3.05, 3.63) is 90.5 Å². The van der Waals surface area contributed by atoms with Gasteiger partial charge in [-0.1, -0.05) is 42.5 Å². The monoisotopic (exact) mass is 382 g/mol. The van der Waals surface area contributed by atoms with Crippen molar-refractivity contribution in [1.29, 1.82) is 0 Å². The summed E-state index contributed by atoms with van der Waals surface area (Å²) in [6, 6.07) is 20.9. The smallest absolute Gasteiger partial charge is 0.229 e. The third-order valence-electron chi connectivity index (χ3n) is 5.71. The Morgan fingerprint density at radius 3 is 2.76 bits per heavy atom. The minimum Gasteiger partial charge on any atom is -0.332 e. The van der Waals surface area contributed by atoms with Gasteiger partial charge < -0.3 is 9.88 Å². The number of imidazole rings is 1. The standard InChI is InChI=1S/C24H22N4O/c29-24(12-17-8-9-22-19(11-17)7-4-10-25-22)27-23-15-28(16-26-23)21-13-20(14-21)18-5-2-1-3-6-18/h1-11,15-16,20-21H,12-14H2,(H,27,29). The van der Waals surface area contributed by atoms with Crippen LogP contribution in [0.4, 0.5) is 5.82 Å². The molecule has 0 aliphatic heterocycles. The van der Waals surface area contributed by atoms with E-state index in [2.05, 4.69) is 50.2 Å². The highest BCUT2D eigenvalue weighted by atomic mass is 16.1. The lowest BCUT2D eigenvalue weighted by molar-refractivity contribution is -0.115. The maximum atomic E-state index is 12.4. The molecule has 0 unspecified atom stereocenters. The highest BCUT2D eigenvalue weighted by Crippen LogP contribution is 2.44. The van der Waals surface area contributed by atoms with Crippen molar-refractivity contribution in [2.45, 2.75) is 31.2 Å². The van der Waals surface area contributed by atoms with E-state index >= 15 is 0 Å². The summed E-state index contributed by atoms with van der Waals surface area (Å²) in [4.78, 5) is 21.1. The van der Waals surface area contributed by atoms with Crippen LogP contribution in [-0.4, -0.2) is 20.4 Å². The van der Waals surface area contributed by atoms with Crippen molar-refractivity contribution in [2.75, 3.05) is 5.32 Å². The normalized spacial score (nSPS) is 18.3. The van der Waals surface area contributed by atoms with Crippen LogP contribution < -0.4 is 5.32 Å². The first kappa shape index (κ1) is 17.6. The van der Waals surface area contributed by atoms with Crippen LogP contribution in [0, 0.1) is 0 Å². The second-order valence-corrected chi connectivity index (χ2v) is 7.69. The molecule has 2 aromatic heterocycles. The molecule has 5 heteroatoms. The van der Waals surface area contributed by atoms with Gasteiger partial charge in [-0.2, -0.15) is 0 Å². The van der Waals surface area contributed by atoms with Gasteiger partial charge in [0.25, 0.3) is 0 Å². The third kappa shape index (κ3) is 3.76. The molecule has 0 radical (unpaired) electrons. The minimum absolute atomic E-state index is 0.0609. The molecule has 2 aromatic carbocycles. The summed E-state index contributed by atoms with van der Waals surface area (Å²) in [5, 5.41) is 3.96. The molecule has 29 heavy (non-hydrogen) atoms. The van der Waals surface area contributed by atoms with Crippen LogP contribution in [0.2, 0.25) is 0 Å². The second-order valence-electron chi connectivity index (χ2n) is 7.69. The number of hydrogen-bond donors (Lipinski definition) is 1. The zero-order valence-electron chi connectivity index (χ0n) is 16.0. The maximum absolute atomic E-state index is 12.4. The molecule has 1 aliphatic rings. The molecule has 0 atom stereocenters. The van der Waals surface area contributed by atoms with E-state index in [-0.39, 0.29) is 5.91 Å². The molecule has 0 bridgehead atoms. The van der Waals surface area contributed by atoms with Crippen LogP contribution in [-0.2, 0) is 11.2 Å². The zero-order valence-corrected chi connectivity index (χ0v) is 16.0.